The van der Waals surface area contributed by atoms with Gasteiger partial charge in [-0.1, -0.05) is 30.3 Å². The van der Waals surface area contributed by atoms with E-state index in [9.17, 15) is 4.79 Å². The molecule has 2 heterocycles. The van der Waals surface area contributed by atoms with Crippen LogP contribution in [0.15, 0.2) is 46.3 Å². The fraction of sp³-hybridized carbons (Fsp3) is 0.267. The SMILES string of the molecule is O=C(OCc1ccccc1)N1CC(c2sccc2Br)C1. The zero-order chi connectivity index (χ0) is 13.9. The van der Waals surface area contributed by atoms with E-state index in [0.29, 0.717) is 12.5 Å². The lowest BCUT2D eigenvalue weighted by Gasteiger charge is -2.38. The highest BCUT2D eigenvalue weighted by atomic mass is 79.9. The Morgan fingerprint density at radius 2 is 2.05 bits per heavy atom. The highest BCUT2D eigenvalue weighted by molar-refractivity contribution is 9.10. The molecule has 3 nitrogen and oxygen atoms in total. The number of hydrogen-bond donors (Lipinski definition) is 0. The molecule has 20 heavy (non-hydrogen) atoms. The molecule has 0 aliphatic carbocycles. The van der Waals surface area contributed by atoms with Crippen LogP contribution in [-0.2, 0) is 11.3 Å². The lowest BCUT2D eigenvalue weighted by molar-refractivity contribution is 0.0668. The van der Waals surface area contributed by atoms with Crippen LogP contribution in [0.2, 0.25) is 0 Å². The summed E-state index contributed by atoms with van der Waals surface area (Å²) in [6.45, 7) is 1.82. The summed E-state index contributed by atoms with van der Waals surface area (Å²) in [4.78, 5) is 15.0. The van der Waals surface area contributed by atoms with E-state index >= 15 is 0 Å². The molecular formula is C15H14BrNO2S. The molecule has 0 unspecified atom stereocenters. The predicted octanol–water partition coefficient (Wildman–Crippen LogP) is 4.25. The van der Waals surface area contributed by atoms with Crippen LogP contribution in [0.5, 0.6) is 0 Å². The summed E-state index contributed by atoms with van der Waals surface area (Å²) in [7, 11) is 0. The third-order valence-corrected chi connectivity index (χ3v) is 5.39. The minimum Gasteiger partial charge on any atom is -0.445 e. The predicted molar refractivity (Wildman–Crippen MR) is 83.0 cm³/mol. The topological polar surface area (TPSA) is 29.5 Å². The van der Waals surface area contributed by atoms with Crippen LogP contribution in [-0.4, -0.2) is 24.1 Å². The third kappa shape index (κ3) is 2.88. The van der Waals surface area contributed by atoms with Crippen molar-refractivity contribution in [3.63, 3.8) is 0 Å². The van der Waals surface area contributed by atoms with E-state index < -0.39 is 0 Å². The molecular weight excluding hydrogens is 338 g/mol. The van der Waals surface area contributed by atoms with Gasteiger partial charge in [0.2, 0.25) is 0 Å². The van der Waals surface area contributed by atoms with Crippen LogP contribution in [0.3, 0.4) is 0 Å². The Balaban J connectivity index is 1.48. The number of carbonyl (C=O) groups excluding carboxylic acids is 1. The van der Waals surface area contributed by atoms with Gasteiger partial charge in [-0.2, -0.15) is 0 Å². The first-order chi connectivity index (χ1) is 9.74. The number of likely N-dealkylation sites (tertiary alicyclic amines) is 1. The lowest BCUT2D eigenvalue weighted by Crippen LogP contribution is -2.48. The monoisotopic (exact) mass is 351 g/mol. The number of carbonyl (C=O) groups is 1. The van der Waals surface area contributed by atoms with Gasteiger partial charge in [0.25, 0.3) is 0 Å². The Morgan fingerprint density at radius 1 is 1.30 bits per heavy atom. The van der Waals surface area contributed by atoms with Crippen molar-refractivity contribution in [2.45, 2.75) is 12.5 Å². The molecule has 0 bridgehead atoms. The second-order valence-corrected chi connectivity index (χ2v) is 6.58. The number of hydrogen-bond acceptors (Lipinski definition) is 3. The summed E-state index contributed by atoms with van der Waals surface area (Å²) in [6, 6.07) is 11.8. The van der Waals surface area contributed by atoms with Gasteiger partial charge in [0, 0.05) is 28.4 Å². The van der Waals surface area contributed by atoms with Gasteiger partial charge >= 0.3 is 6.09 Å². The highest BCUT2D eigenvalue weighted by Gasteiger charge is 2.34. The van der Waals surface area contributed by atoms with E-state index in [1.54, 1.807) is 16.2 Å². The van der Waals surface area contributed by atoms with E-state index in [2.05, 4.69) is 27.4 Å². The number of benzene rings is 1. The zero-order valence-electron chi connectivity index (χ0n) is 10.8. The fourth-order valence-corrected chi connectivity index (χ4v) is 3.98. The molecule has 0 atom stereocenters. The summed E-state index contributed by atoms with van der Waals surface area (Å²) in [6.07, 6.45) is -0.224. The molecule has 3 rings (SSSR count). The van der Waals surface area contributed by atoms with Crippen molar-refractivity contribution < 1.29 is 9.53 Å². The summed E-state index contributed by atoms with van der Waals surface area (Å²) in [5, 5.41) is 2.07. The third-order valence-electron chi connectivity index (χ3n) is 3.36. The summed E-state index contributed by atoms with van der Waals surface area (Å²) in [5.41, 5.74) is 1.01. The van der Waals surface area contributed by atoms with Gasteiger partial charge < -0.3 is 9.64 Å². The Kier molecular flexibility index (Phi) is 4.08. The fourth-order valence-electron chi connectivity index (χ4n) is 2.20. The van der Waals surface area contributed by atoms with Gasteiger partial charge in [0.05, 0.1) is 0 Å². The maximum absolute atomic E-state index is 11.9. The van der Waals surface area contributed by atoms with Gasteiger partial charge in [0.15, 0.2) is 0 Å². The molecule has 1 fully saturated rings. The number of nitrogens with zero attached hydrogens (tertiary/aromatic N) is 1. The minimum atomic E-state index is -0.224. The van der Waals surface area contributed by atoms with Crippen molar-refractivity contribution in [2.75, 3.05) is 13.1 Å². The first-order valence-electron chi connectivity index (χ1n) is 6.42. The van der Waals surface area contributed by atoms with Gasteiger partial charge in [-0.15, -0.1) is 11.3 Å². The quantitative estimate of drug-likeness (QED) is 0.827. The van der Waals surface area contributed by atoms with Gasteiger partial charge in [-0.25, -0.2) is 4.79 Å². The largest absolute Gasteiger partial charge is 0.445 e. The van der Waals surface area contributed by atoms with Crippen molar-refractivity contribution in [1.82, 2.24) is 4.90 Å². The molecule has 1 aliphatic rings. The van der Waals surface area contributed by atoms with Crippen LogP contribution < -0.4 is 0 Å². The maximum atomic E-state index is 11.9. The molecule has 1 aliphatic heterocycles. The second-order valence-electron chi connectivity index (χ2n) is 4.77. The summed E-state index contributed by atoms with van der Waals surface area (Å²) >= 11 is 5.27. The van der Waals surface area contributed by atoms with Crippen LogP contribution in [0.1, 0.15) is 16.4 Å². The van der Waals surface area contributed by atoms with Gasteiger partial charge in [-0.05, 0) is 32.9 Å². The standard InChI is InChI=1S/C15H14BrNO2S/c16-13-6-7-20-14(13)12-8-17(9-12)15(18)19-10-11-4-2-1-3-5-11/h1-7,12H,8-10H2. The number of halogens is 1. The number of ether oxygens (including phenoxy) is 1. The average Bonchev–Trinajstić information content (AvgIpc) is 2.82. The molecule has 1 saturated heterocycles. The molecule has 2 aromatic rings. The Bertz CT molecular complexity index is 593. The van der Waals surface area contributed by atoms with E-state index in [1.807, 2.05) is 30.3 Å². The van der Waals surface area contributed by atoms with Crippen molar-refractivity contribution in [3.05, 3.63) is 56.7 Å². The Hall–Kier alpha value is -1.33. The number of rotatable bonds is 3. The Morgan fingerprint density at radius 3 is 2.70 bits per heavy atom. The first kappa shape index (κ1) is 13.6. The Labute approximate surface area is 130 Å². The molecule has 0 N–H and O–H groups in total. The first-order valence-corrected chi connectivity index (χ1v) is 8.10. The molecule has 1 aromatic heterocycles. The van der Waals surface area contributed by atoms with Crippen LogP contribution in [0.4, 0.5) is 4.79 Å². The molecule has 104 valence electrons. The molecule has 0 radical (unpaired) electrons. The molecule has 0 spiro atoms. The van der Waals surface area contributed by atoms with E-state index in [0.717, 1.165) is 23.1 Å². The summed E-state index contributed by atoms with van der Waals surface area (Å²) in [5.74, 6) is 0.439. The maximum Gasteiger partial charge on any atom is 0.410 e. The molecule has 5 heteroatoms. The molecule has 0 saturated carbocycles. The average molecular weight is 352 g/mol. The van der Waals surface area contributed by atoms with Crippen LogP contribution in [0, 0.1) is 0 Å². The normalized spacial score (nSPS) is 14.9. The van der Waals surface area contributed by atoms with Gasteiger partial charge in [-0.3, -0.25) is 0 Å². The van der Waals surface area contributed by atoms with Crippen molar-refractivity contribution in [1.29, 1.82) is 0 Å². The van der Waals surface area contributed by atoms with Crippen LogP contribution in [0.25, 0.3) is 0 Å². The number of thiophene rings is 1. The number of amides is 1. The van der Waals surface area contributed by atoms with Crippen molar-refractivity contribution >= 4 is 33.4 Å². The minimum absolute atomic E-state index is 0.224. The lowest BCUT2D eigenvalue weighted by atomic mass is 9.99. The van der Waals surface area contributed by atoms with E-state index in [-0.39, 0.29) is 6.09 Å². The van der Waals surface area contributed by atoms with Gasteiger partial charge in [0.1, 0.15) is 6.61 Å². The van der Waals surface area contributed by atoms with E-state index in [4.69, 9.17) is 4.74 Å². The second kappa shape index (κ2) is 5.97. The van der Waals surface area contributed by atoms with Crippen molar-refractivity contribution in [2.24, 2.45) is 0 Å². The highest BCUT2D eigenvalue weighted by Crippen LogP contribution is 2.36. The van der Waals surface area contributed by atoms with Crippen molar-refractivity contribution in [3.8, 4) is 0 Å². The molecule has 1 aromatic carbocycles. The van der Waals surface area contributed by atoms with Crippen LogP contribution >= 0.6 is 27.3 Å². The summed E-state index contributed by atoms with van der Waals surface area (Å²) < 4.78 is 6.45. The smallest absolute Gasteiger partial charge is 0.410 e. The van der Waals surface area contributed by atoms with E-state index in [1.165, 1.54) is 4.88 Å². The zero-order valence-corrected chi connectivity index (χ0v) is 13.2. The molecule has 1 amide bonds.